The van der Waals surface area contributed by atoms with Crippen LogP contribution in [-0.4, -0.2) is 41.1 Å². The zero-order chi connectivity index (χ0) is 24.2. The maximum Gasteiger partial charge on any atom is 0.490 e. The van der Waals surface area contributed by atoms with Gasteiger partial charge in [-0.25, -0.2) is 4.79 Å². The molecule has 1 fully saturated rings. The Hall–Kier alpha value is -2.62. The minimum Gasteiger partial charge on any atom is -0.475 e. The van der Waals surface area contributed by atoms with Crippen LogP contribution in [0.4, 0.5) is 13.2 Å². The molecule has 176 valence electrons. The molecule has 0 saturated carbocycles. The molecule has 2 aromatic carbocycles. The molecule has 1 saturated heterocycles. The Labute approximate surface area is 197 Å². The number of carbonyl (C=O) groups excluding carboxylic acids is 1. The summed E-state index contributed by atoms with van der Waals surface area (Å²) >= 11 is 7.58. The minimum absolute atomic E-state index is 0.136. The Morgan fingerprint density at radius 1 is 1.12 bits per heavy atom. The number of benzene rings is 2. The molecule has 3 N–H and O–H groups in total. The number of likely N-dealkylation sites (tertiary alicyclic amines) is 1. The first-order chi connectivity index (χ1) is 15.6. The van der Waals surface area contributed by atoms with Crippen molar-refractivity contribution >= 4 is 44.9 Å². The van der Waals surface area contributed by atoms with Crippen molar-refractivity contribution in [2.75, 3.05) is 13.1 Å². The number of fused-ring (bicyclic) bond motifs is 1. The lowest BCUT2D eigenvalue weighted by Crippen LogP contribution is -2.37. The molecule has 4 rings (SSSR count). The van der Waals surface area contributed by atoms with E-state index in [0.717, 1.165) is 40.9 Å². The third-order valence-corrected chi connectivity index (χ3v) is 6.70. The summed E-state index contributed by atoms with van der Waals surface area (Å²) in [5.41, 5.74) is 8.27. The van der Waals surface area contributed by atoms with Crippen LogP contribution in [0.3, 0.4) is 0 Å². The highest BCUT2D eigenvalue weighted by Gasteiger charge is 2.38. The maximum absolute atomic E-state index is 12.9. The van der Waals surface area contributed by atoms with Gasteiger partial charge in [0.15, 0.2) is 0 Å². The molecule has 1 aromatic heterocycles. The summed E-state index contributed by atoms with van der Waals surface area (Å²) in [4.78, 5) is 24.6. The summed E-state index contributed by atoms with van der Waals surface area (Å²) < 4.78 is 32.8. The monoisotopic (exact) mass is 498 g/mol. The van der Waals surface area contributed by atoms with Crippen LogP contribution >= 0.6 is 22.9 Å². The number of hydrogen-bond donors (Lipinski definition) is 2. The molecule has 0 bridgehead atoms. The van der Waals surface area contributed by atoms with Crippen molar-refractivity contribution < 1.29 is 27.9 Å². The summed E-state index contributed by atoms with van der Waals surface area (Å²) in [7, 11) is 0. The Kier molecular flexibility index (Phi) is 7.99. The number of carboxylic acid groups (broad SMARTS) is 1. The maximum atomic E-state index is 12.9. The summed E-state index contributed by atoms with van der Waals surface area (Å²) in [6.07, 6.45) is -3.09. The molecular formula is C23H22ClF3N2O3S. The second-order valence-corrected chi connectivity index (χ2v) is 9.13. The fourth-order valence-corrected chi connectivity index (χ4v) is 4.96. The smallest absolute Gasteiger partial charge is 0.475 e. The Morgan fingerprint density at radius 2 is 1.79 bits per heavy atom. The van der Waals surface area contributed by atoms with Gasteiger partial charge < -0.3 is 15.7 Å². The summed E-state index contributed by atoms with van der Waals surface area (Å²) in [6, 6.07) is 16.3. The molecule has 0 atom stereocenters. The van der Waals surface area contributed by atoms with Crippen LogP contribution in [0.5, 0.6) is 0 Å². The number of amides is 1. The normalized spacial score (nSPS) is 14.6. The Morgan fingerprint density at radius 3 is 2.39 bits per heavy atom. The molecule has 0 spiro atoms. The van der Waals surface area contributed by atoms with Gasteiger partial charge in [0.25, 0.3) is 5.91 Å². The van der Waals surface area contributed by atoms with E-state index < -0.39 is 12.1 Å². The quantitative estimate of drug-likeness (QED) is 0.487. The van der Waals surface area contributed by atoms with Crippen LogP contribution in [0.1, 0.15) is 39.6 Å². The van der Waals surface area contributed by atoms with E-state index in [-0.39, 0.29) is 5.91 Å². The van der Waals surface area contributed by atoms with Crippen LogP contribution in [0.2, 0.25) is 5.02 Å². The van der Waals surface area contributed by atoms with E-state index in [9.17, 15) is 18.0 Å². The third kappa shape index (κ3) is 6.46. The highest BCUT2D eigenvalue weighted by Crippen LogP contribution is 2.32. The van der Waals surface area contributed by atoms with Crippen LogP contribution in [-0.2, 0) is 11.3 Å². The summed E-state index contributed by atoms with van der Waals surface area (Å²) in [5.74, 6) is -2.12. The number of thiophene rings is 1. The van der Waals surface area contributed by atoms with E-state index >= 15 is 0 Å². The highest BCUT2D eigenvalue weighted by molar-refractivity contribution is 7.20. The molecule has 10 heteroatoms. The summed E-state index contributed by atoms with van der Waals surface area (Å²) in [5, 5.41) is 8.91. The predicted octanol–water partition coefficient (Wildman–Crippen LogP) is 5.67. The van der Waals surface area contributed by atoms with Crippen LogP contribution < -0.4 is 5.73 Å². The lowest BCUT2D eigenvalue weighted by Gasteiger charge is -2.32. The molecule has 3 aromatic rings. The predicted molar refractivity (Wildman–Crippen MR) is 123 cm³/mol. The fraction of sp³-hybridized carbons (Fsp3) is 0.304. The Balaban J connectivity index is 0.000000383. The van der Waals surface area contributed by atoms with E-state index in [4.69, 9.17) is 27.2 Å². The van der Waals surface area contributed by atoms with Gasteiger partial charge in [0.2, 0.25) is 0 Å². The second kappa shape index (κ2) is 10.5. The van der Waals surface area contributed by atoms with E-state index in [1.54, 1.807) is 0 Å². The van der Waals surface area contributed by atoms with Gasteiger partial charge in [-0.1, -0.05) is 41.9 Å². The van der Waals surface area contributed by atoms with Gasteiger partial charge in [-0.05, 0) is 53.5 Å². The molecular weight excluding hydrogens is 477 g/mol. The zero-order valence-electron chi connectivity index (χ0n) is 17.4. The number of carboxylic acids is 1. The van der Waals surface area contributed by atoms with E-state index in [1.807, 2.05) is 29.2 Å². The number of hydrogen-bond acceptors (Lipinski definition) is 4. The molecule has 1 aliphatic heterocycles. The van der Waals surface area contributed by atoms with Crippen molar-refractivity contribution in [3.8, 4) is 0 Å². The van der Waals surface area contributed by atoms with Gasteiger partial charge in [0, 0.05) is 29.4 Å². The molecule has 0 unspecified atom stereocenters. The first-order valence-corrected chi connectivity index (χ1v) is 11.4. The van der Waals surface area contributed by atoms with Crippen LogP contribution in [0.25, 0.3) is 10.1 Å². The average molecular weight is 499 g/mol. The average Bonchev–Trinajstić information content (AvgIpc) is 3.21. The van der Waals surface area contributed by atoms with Gasteiger partial charge in [0.05, 0.1) is 4.88 Å². The number of nitrogens with two attached hydrogens (primary N) is 1. The van der Waals surface area contributed by atoms with Crippen LogP contribution in [0, 0.1) is 0 Å². The van der Waals surface area contributed by atoms with Crippen molar-refractivity contribution in [1.82, 2.24) is 4.90 Å². The lowest BCUT2D eigenvalue weighted by atomic mass is 9.88. The largest absolute Gasteiger partial charge is 0.490 e. The zero-order valence-corrected chi connectivity index (χ0v) is 19.0. The fourth-order valence-electron chi connectivity index (χ4n) is 3.66. The van der Waals surface area contributed by atoms with Crippen molar-refractivity contribution in [2.24, 2.45) is 5.73 Å². The van der Waals surface area contributed by atoms with Crippen LogP contribution in [0.15, 0.2) is 48.5 Å². The Bertz CT molecular complexity index is 1140. The van der Waals surface area contributed by atoms with E-state index in [1.165, 1.54) is 22.5 Å². The number of carbonyl (C=O) groups is 2. The van der Waals surface area contributed by atoms with Crippen molar-refractivity contribution in [3.05, 3.63) is 69.6 Å². The van der Waals surface area contributed by atoms with Crippen molar-refractivity contribution in [3.63, 3.8) is 0 Å². The van der Waals surface area contributed by atoms with E-state index in [2.05, 4.69) is 24.3 Å². The number of piperidine rings is 1. The van der Waals surface area contributed by atoms with Gasteiger partial charge in [-0.2, -0.15) is 13.2 Å². The van der Waals surface area contributed by atoms with Gasteiger partial charge in [-0.3, -0.25) is 4.79 Å². The molecule has 1 amide bonds. The first-order valence-electron chi connectivity index (χ1n) is 10.2. The standard InChI is InChI=1S/C21H21ClN2OS.C2HF3O2/c22-18-5-4-17-11-20(26-19(17)12-18)21(25)24-8-6-15(7-9-24)16-3-1-2-14(10-16)13-23;3-2(4,5)1(6)7/h1-5,10-12,15H,6-9,13,23H2;(H,6,7). The van der Waals surface area contributed by atoms with Crippen molar-refractivity contribution in [1.29, 1.82) is 0 Å². The second-order valence-electron chi connectivity index (χ2n) is 7.61. The number of nitrogens with zero attached hydrogens (tertiary/aromatic N) is 1. The number of aliphatic carboxylic acids is 1. The minimum atomic E-state index is -5.08. The number of rotatable bonds is 3. The van der Waals surface area contributed by atoms with Crippen molar-refractivity contribution in [2.45, 2.75) is 31.5 Å². The topological polar surface area (TPSA) is 83.6 Å². The number of halogens is 4. The first kappa shape index (κ1) is 25.0. The third-order valence-electron chi connectivity index (χ3n) is 5.38. The van der Waals surface area contributed by atoms with Gasteiger partial charge >= 0.3 is 12.1 Å². The highest BCUT2D eigenvalue weighted by atomic mass is 35.5. The van der Waals surface area contributed by atoms with Gasteiger partial charge in [-0.15, -0.1) is 11.3 Å². The number of alkyl halides is 3. The molecule has 0 radical (unpaired) electrons. The molecule has 5 nitrogen and oxygen atoms in total. The molecule has 2 heterocycles. The SMILES string of the molecule is NCc1cccc(C2CCN(C(=O)c3cc4ccc(Cl)cc4s3)CC2)c1.O=C(O)C(F)(F)F. The molecule has 0 aliphatic carbocycles. The lowest BCUT2D eigenvalue weighted by molar-refractivity contribution is -0.192. The summed E-state index contributed by atoms with van der Waals surface area (Å²) in [6.45, 7) is 2.16. The molecule has 1 aliphatic rings. The van der Waals surface area contributed by atoms with E-state index in [0.29, 0.717) is 17.5 Å². The van der Waals surface area contributed by atoms with Gasteiger partial charge in [0.1, 0.15) is 0 Å². The molecule has 33 heavy (non-hydrogen) atoms.